The second kappa shape index (κ2) is 7.63. The van der Waals surface area contributed by atoms with Crippen molar-refractivity contribution >= 4 is 5.91 Å². The van der Waals surface area contributed by atoms with Gasteiger partial charge in [-0.15, -0.1) is 0 Å². The number of amides is 1. The van der Waals surface area contributed by atoms with E-state index in [0.717, 1.165) is 45.2 Å². The molecule has 1 heterocycles. The highest BCUT2D eigenvalue weighted by molar-refractivity contribution is 5.82. The number of aliphatic hydroxyl groups excluding tert-OH is 1. The predicted octanol–water partition coefficient (Wildman–Crippen LogP) is 0.653. The summed E-state index contributed by atoms with van der Waals surface area (Å²) in [6, 6.07) is 0.0115. The van der Waals surface area contributed by atoms with Crippen molar-refractivity contribution in [2.45, 2.75) is 45.1 Å². The van der Waals surface area contributed by atoms with E-state index in [1.54, 1.807) is 0 Å². The lowest BCUT2D eigenvalue weighted by molar-refractivity contribution is -0.123. The fraction of sp³-hybridized carbons (Fsp3) is 0.917. The number of carbonyl (C=O) groups excluding carboxylic acids is 1. The zero-order valence-corrected chi connectivity index (χ0v) is 10.2. The first-order chi connectivity index (χ1) is 7.75. The minimum atomic E-state index is 0.0115. The third-order valence-electron chi connectivity index (χ3n) is 3.20. The van der Waals surface area contributed by atoms with Crippen molar-refractivity contribution < 1.29 is 9.90 Å². The molecule has 3 N–H and O–H groups in total. The van der Waals surface area contributed by atoms with Crippen LogP contribution in [0.2, 0.25) is 0 Å². The van der Waals surface area contributed by atoms with Crippen LogP contribution in [0, 0.1) is 5.92 Å². The Balaban J connectivity index is 2.02. The number of nitrogens with one attached hydrogen (secondary N) is 2. The van der Waals surface area contributed by atoms with Crippen molar-refractivity contribution in [3.05, 3.63) is 0 Å². The van der Waals surface area contributed by atoms with Gasteiger partial charge in [-0.2, -0.15) is 0 Å². The van der Waals surface area contributed by atoms with Crippen molar-refractivity contribution in [3.8, 4) is 0 Å². The smallest absolute Gasteiger partial charge is 0.237 e. The minimum Gasteiger partial charge on any atom is -0.396 e. The number of hydrogen-bond donors (Lipinski definition) is 3. The maximum Gasteiger partial charge on any atom is 0.237 e. The second-order valence-corrected chi connectivity index (χ2v) is 4.63. The van der Waals surface area contributed by atoms with Crippen LogP contribution in [0.25, 0.3) is 0 Å². The molecule has 0 aliphatic carbocycles. The third kappa shape index (κ3) is 4.49. The summed E-state index contributed by atoms with van der Waals surface area (Å²) in [5.41, 5.74) is 0. The van der Waals surface area contributed by atoms with Crippen LogP contribution in [0.4, 0.5) is 0 Å². The molecule has 16 heavy (non-hydrogen) atoms. The van der Waals surface area contributed by atoms with Gasteiger partial charge in [0.05, 0.1) is 6.04 Å². The van der Waals surface area contributed by atoms with Crippen molar-refractivity contribution in [2.24, 2.45) is 5.92 Å². The third-order valence-corrected chi connectivity index (χ3v) is 3.20. The molecule has 2 atom stereocenters. The Kier molecular flexibility index (Phi) is 6.42. The molecule has 0 aromatic rings. The van der Waals surface area contributed by atoms with E-state index in [9.17, 15) is 4.79 Å². The highest BCUT2D eigenvalue weighted by atomic mass is 16.2. The van der Waals surface area contributed by atoms with Crippen LogP contribution in [0.1, 0.15) is 39.0 Å². The van der Waals surface area contributed by atoms with Gasteiger partial charge in [0.25, 0.3) is 0 Å². The van der Waals surface area contributed by atoms with Gasteiger partial charge in [0.15, 0.2) is 0 Å². The SMILES string of the molecule is CC1CCNC1C(=O)NCCCCCCO. The minimum absolute atomic E-state index is 0.0115. The average molecular weight is 228 g/mol. The maximum absolute atomic E-state index is 11.7. The van der Waals surface area contributed by atoms with E-state index in [1.807, 2.05) is 0 Å². The van der Waals surface area contributed by atoms with E-state index in [1.165, 1.54) is 0 Å². The van der Waals surface area contributed by atoms with Crippen LogP contribution in [0.15, 0.2) is 0 Å². The van der Waals surface area contributed by atoms with Crippen LogP contribution in [-0.4, -0.2) is 36.8 Å². The molecule has 0 spiro atoms. The van der Waals surface area contributed by atoms with Gasteiger partial charge in [-0.3, -0.25) is 4.79 Å². The number of rotatable bonds is 7. The summed E-state index contributed by atoms with van der Waals surface area (Å²) in [6.07, 6.45) is 5.09. The predicted molar refractivity (Wildman–Crippen MR) is 64.1 cm³/mol. The van der Waals surface area contributed by atoms with Gasteiger partial charge in [0.2, 0.25) is 5.91 Å². The number of hydrogen-bond acceptors (Lipinski definition) is 3. The first-order valence-corrected chi connectivity index (χ1v) is 6.37. The van der Waals surface area contributed by atoms with Gasteiger partial charge in [0.1, 0.15) is 0 Å². The summed E-state index contributed by atoms with van der Waals surface area (Å²) < 4.78 is 0. The Bertz CT molecular complexity index is 209. The van der Waals surface area contributed by atoms with Gasteiger partial charge in [-0.25, -0.2) is 0 Å². The van der Waals surface area contributed by atoms with Crippen molar-refractivity contribution in [3.63, 3.8) is 0 Å². The summed E-state index contributed by atoms with van der Waals surface area (Å²) >= 11 is 0. The zero-order valence-electron chi connectivity index (χ0n) is 10.2. The molecule has 4 heteroatoms. The maximum atomic E-state index is 11.7. The number of aliphatic hydroxyl groups is 1. The van der Waals surface area contributed by atoms with Crippen molar-refractivity contribution in [2.75, 3.05) is 19.7 Å². The van der Waals surface area contributed by atoms with E-state index >= 15 is 0 Å². The molecule has 0 radical (unpaired) electrons. The van der Waals surface area contributed by atoms with Crippen LogP contribution in [0.3, 0.4) is 0 Å². The molecule has 4 nitrogen and oxygen atoms in total. The molecule has 0 aromatic carbocycles. The van der Waals surface area contributed by atoms with E-state index in [2.05, 4.69) is 17.6 Å². The second-order valence-electron chi connectivity index (χ2n) is 4.63. The molecule has 1 fully saturated rings. The summed E-state index contributed by atoms with van der Waals surface area (Å²) in [4.78, 5) is 11.7. The molecule has 1 rings (SSSR count). The highest BCUT2D eigenvalue weighted by Crippen LogP contribution is 2.14. The molecule has 1 amide bonds. The topological polar surface area (TPSA) is 61.4 Å². The van der Waals surface area contributed by atoms with Crippen LogP contribution >= 0.6 is 0 Å². The molecule has 0 saturated carbocycles. The normalized spacial score (nSPS) is 24.6. The van der Waals surface area contributed by atoms with Crippen molar-refractivity contribution in [1.29, 1.82) is 0 Å². The van der Waals surface area contributed by atoms with E-state index in [-0.39, 0.29) is 18.6 Å². The highest BCUT2D eigenvalue weighted by Gasteiger charge is 2.28. The fourth-order valence-electron chi connectivity index (χ4n) is 2.10. The Morgan fingerprint density at radius 1 is 1.38 bits per heavy atom. The average Bonchev–Trinajstić information content (AvgIpc) is 2.69. The lowest BCUT2D eigenvalue weighted by atomic mass is 10.0. The van der Waals surface area contributed by atoms with Gasteiger partial charge < -0.3 is 15.7 Å². The molecule has 0 aromatic heterocycles. The van der Waals surface area contributed by atoms with E-state index < -0.39 is 0 Å². The monoisotopic (exact) mass is 228 g/mol. The fourth-order valence-corrected chi connectivity index (χ4v) is 2.10. The first kappa shape index (κ1) is 13.5. The Labute approximate surface area is 97.8 Å². The summed E-state index contributed by atoms with van der Waals surface area (Å²) in [5.74, 6) is 0.599. The lowest BCUT2D eigenvalue weighted by Gasteiger charge is -2.15. The molecule has 1 aliphatic rings. The lowest BCUT2D eigenvalue weighted by Crippen LogP contribution is -2.43. The molecular formula is C12H24N2O2. The molecule has 1 aliphatic heterocycles. The zero-order chi connectivity index (χ0) is 11.8. The van der Waals surface area contributed by atoms with Gasteiger partial charge >= 0.3 is 0 Å². The van der Waals surface area contributed by atoms with Crippen molar-refractivity contribution in [1.82, 2.24) is 10.6 Å². The van der Waals surface area contributed by atoms with Gasteiger partial charge in [-0.05, 0) is 31.7 Å². The Morgan fingerprint density at radius 3 is 2.75 bits per heavy atom. The number of carbonyl (C=O) groups is 1. The molecule has 94 valence electrons. The molecular weight excluding hydrogens is 204 g/mol. The largest absolute Gasteiger partial charge is 0.396 e. The molecule has 0 bridgehead atoms. The van der Waals surface area contributed by atoms with Gasteiger partial charge in [-0.1, -0.05) is 19.8 Å². The van der Waals surface area contributed by atoms with Crippen LogP contribution in [-0.2, 0) is 4.79 Å². The molecule has 1 saturated heterocycles. The van der Waals surface area contributed by atoms with E-state index in [4.69, 9.17) is 5.11 Å². The van der Waals surface area contributed by atoms with E-state index in [0.29, 0.717) is 5.92 Å². The Morgan fingerprint density at radius 2 is 2.12 bits per heavy atom. The van der Waals surface area contributed by atoms with Crippen LogP contribution < -0.4 is 10.6 Å². The standard InChI is InChI=1S/C12H24N2O2/c1-10-6-8-13-11(10)12(16)14-7-4-2-3-5-9-15/h10-11,13,15H,2-9H2,1H3,(H,14,16). The van der Waals surface area contributed by atoms with Gasteiger partial charge in [0, 0.05) is 13.2 Å². The summed E-state index contributed by atoms with van der Waals surface area (Å²) in [5, 5.41) is 14.8. The quantitative estimate of drug-likeness (QED) is 0.561. The summed E-state index contributed by atoms with van der Waals surface area (Å²) in [7, 11) is 0. The number of unbranched alkanes of at least 4 members (excludes halogenated alkanes) is 3. The Hall–Kier alpha value is -0.610. The first-order valence-electron chi connectivity index (χ1n) is 6.37. The van der Waals surface area contributed by atoms with Crippen LogP contribution in [0.5, 0.6) is 0 Å². The molecule has 2 unspecified atom stereocenters. The summed E-state index contributed by atoms with van der Waals surface area (Å²) in [6.45, 7) is 4.10.